The van der Waals surface area contributed by atoms with E-state index in [0.29, 0.717) is 46.2 Å². The van der Waals surface area contributed by atoms with Crippen molar-refractivity contribution in [1.29, 1.82) is 0 Å². The molecular weight excluding hydrogens is 402 g/mol. The van der Waals surface area contributed by atoms with Crippen LogP contribution in [0.4, 0.5) is 0 Å². The van der Waals surface area contributed by atoms with Gasteiger partial charge in [0, 0.05) is 34.7 Å². The Morgan fingerprint density at radius 2 is 1.83 bits per heavy atom. The van der Waals surface area contributed by atoms with Gasteiger partial charge < -0.3 is 14.8 Å². The summed E-state index contributed by atoms with van der Waals surface area (Å²) in [5.74, 6) is 0.457. The number of esters is 1. The first-order valence-electron chi connectivity index (χ1n) is 9.71. The number of rotatable bonds is 4. The van der Waals surface area contributed by atoms with Gasteiger partial charge >= 0.3 is 5.97 Å². The van der Waals surface area contributed by atoms with Gasteiger partial charge in [-0.2, -0.15) is 0 Å². The van der Waals surface area contributed by atoms with Gasteiger partial charge in [-0.1, -0.05) is 41.9 Å². The maximum Gasteiger partial charge on any atom is 0.340 e. The Labute approximate surface area is 178 Å². The Balaban J connectivity index is 1.48. The number of carbonyl (C=O) groups is 2. The summed E-state index contributed by atoms with van der Waals surface area (Å²) in [5.41, 5.74) is 1.28. The lowest BCUT2D eigenvalue weighted by atomic mass is 9.87. The van der Waals surface area contributed by atoms with Crippen LogP contribution in [0, 0.1) is 0 Å². The lowest BCUT2D eigenvalue weighted by molar-refractivity contribution is 0.00159. The standard InChI is InChI=1S/C24H18ClNO4/c25-16-7-9-17(10-8-16)29-18-4-1-3-15(13-18)22(27)19-5-2-6-20-21(19)23(28)30-24(20)11-12-26-14-24/h1-10,13,26H,11-12,14H2/t24-/m0/s1. The van der Waals surface area contributed by atoms with E-state index in [4.69, 9.17) is 21.1 Å². The Hall–Kier alpha value is -3.15. The molecule has 0 aliphatic carbocycles. The van der Waals surface area contributed by atoms with Crippen molar-refractivity contribution < 1.29 is 19.1 Å². The van der Waals surface area contributed by atoms with Gasteiger partial charge in [0.1, 0.15) is 11.5 Å². The highest BCUT2D eigenvalue weighted by Gasteiger charge is 2.48. The molecule has 0 unspecified atom stereocenters. The molecule has 30 heavy (non-hydrogen) atoms. The van der Waals surface area contributed by atoms with Gasteiger partial charge in [0.25, 0.3) is 0 Å². The molecule has 0 radical (unpaired) electrons. The second kappa shape index (κ2) is 7.27. The normalized spacial score (nSPS) is 19.6. The number of hydrogen-bond acceptors (Lipinski definition) is 5. The molecule has 3 aromatic rings. The van der Waals surface area contributed by atoms with E-state index in [0.717, 1.165) is 12.1 Å². The maximum absolute atomic E-state index is 13.3. The van der Waals surface area contributed by atoms with Crippen LogP contribution in [-0.4, -0.2) is 24.8 Å². The highest BCUT2D eigenvalue weighted by atomic mass is 35.5. The summed E-state index contributed by atoms with van der Waals surface area (Å²) in [6, 6.07) is 19.3. The van der Waals surface area contributed by atoms with Gasteiger partial charge in [-0.3, -0.25) is 4.79 Å². The molecule has 2 heterocycles. The summed E-state index contributed by atoms with van der Waals surface area (Å²) in [6.45, 7) is 1.34. The molecule has 1 N–H and O–H groups in total. The fraction of sp³-hybridized carbons (Fsp3) is 0.167. The number of carbonyl (C=O) groups excluding carboxylic acids is 2. The first-order chi connectivity index (χ1) is 14.6. The molecule has 2 aliphatic heterocycles. The van der Waals surface area contributed by atoms with Crippen LogP contribution in [0.5, 0.6) is 11.5 Å². The van der Waals surface area contributed by atoms with E-state index >= 15 is 0 Å². The molecule has 1 spiro atoms. The molecule has 6 heteroatoms. The van der Waals surface area contributed by atoms with Gasteiger partial charge in [-0.25, -0.2) is 4.79 Å². The minimum Gasteiger partial charge on any atom is -0.457 e. The number of fused-ring (bicyclic) bond motifs is 2. The van der Waals surface area contributed by atoms with E-state index in [-0.39, 0.29) is 5.78 Å². The molecule has 5 nitrogen and oxygen atoms in total. The Morgan fingerprint density at radius 1 is 1.03 bits per heavy atom. The van der Waals surface area contributed by atoms with Gasteiger partial charge in [-0.05, 0) is 42.9 Å². The van der Waals surface area contributed by atoms with Crippen LogP contribution in [0.25, 0.3) is 0 Å². The van der Waals surface area contributed by atoms with Crippen molar-refractivity contribution in [3.8, 4) is 11.5 Å². The topological polar surface area (TPSA) is 64.6 Å². The zero-order valence-corrected chi connectivity index (χ0v) is 16.7. The Morgan fingerprint density at radius 3 is 2.60 bits per heavy atom. The molecule has 2 aliphatic rings. The van der Waals surface area contributed by atoms with Crippen LogP contribution in [0.15, 0.2) is 66.7 Å². The van der Waals surface area contributed by atoms with Crippen LogP contribution in [0.2, 0.25) is 5.02 Å². The molecule has 0 saturated carbocycles. The zero-order valence-electron chi connectivity index (χ0n) is 16.0. The van der Waals surface area contributed by atoms with E-state index in [2.05, 4.69) is 5.32 Å². The SMILES string of the molecule is O=C(c1cccc(Oc2ccc(Cl)cc2)c1)c1cccc2c1C(=O)O[C@]21CCNC1. The van der Waals surface area contributed by atoms with E-state index in [1.54, 1.807) is 54.6 Å². The van der Waals surface area contributed by atoms with Crippen molar-refractivity contribution in [2.45, 2.75) is 12.0 Å². The van der Waals surface area contributed by atoms with Crippen LogP contribution in [-0.2, 0) is 10.3 Å². The average molecular weight is 420 g/mol. The first-order valence-corrected chi connectivity index (χ1v) is 10.1. The van der Waals surface area contributed by atoms with E-state index in [1.807, 2.05) is 12.1 Å². The fourth-order valence-electron chi connectivity index (χ4n) is 4.11. The van der Waals surface area contributed by atoms with Crippen molar-refractivity contribution in [2.24, 2.45) is 0 Å². The predicted molar refractivity (Wildman–Crippen MR) is 112 cm³/mol. The minimum atomic E-state index is -0.664. The minimum absolute atomic E-state index is 0.242. The highest BCUT2D eigenvalue weighted by molar-refractivity contribution is 6.30. The summed E-state index contributed by atoms with van der Waals surface area (Å²) in [7, 11) is 0. The average Bonchev–Trinajstić information content (AvgIpc) is 3.34. The summed E-state index contributed by atoms with van der Waals surface area (Å²) in [5, 5.41) is 3.86. The van der Waals surface area contributed by atoms with Crippen LogP contribution in [0.3, 0.4) is 0 Å². The molecule has 0 bridgehead atoms. The summed E-state index contributed by atoms with van der Waals surface area (Å²) >= 11 is 5.91. The number of halogens is 1. The number of ketones is 1. The van der Waals surface area contributed by atoms with Gasteiger partial charge in [0.05, 0.1) is 5.56 Å². The van der Waals surface area contributed by atoms with E-state index in [9.17, 15) is 9.59 Å². The first kappa shape index (κ1) is 18.9. The summed E-state index contributed by atoms with van der Waals surface area (Å²) in [6.07, 6.45) is 0.702. The van der Waals surface area contributed by atoms with E-state index in [1.165, 1.54) is 0 Å². The zero-order chi connectivity index (χ0) is 20.7. The monoisotopic (exact) mass is 419 g/mol. The summed E-state index contributed by atoms with van der Waals surface area (Å²) in [4.78, 5) is 26.0. The second-order valence-corrected chi connectivity index (χ2v) is 7.89. The Kier molecular flexibility index (Phi) is 4.57. The fourth-order valence-corrected chi connectivity index (χ4v) is 4.23. The number of nitrogens with one attached hydrogen (secondary N) is 1. The van der Waals surface area contributed by atoms with Crippen LogP contribution >= 0.6 is 11.6 Å². The third-order valence-electron chi connectivity index (χ3n) is 5.55. The molecule has 0 aromatic heterocycles. The third-order valence-corrected chi connectivity index (χ3v) is 5.81. The summed E-state index contributed by atoms with van der Waals surface area (Å²) < 4.78 is 11.6. The molecule has 5 rings (SSSR count). The van der Waals surface area contributed by atoms with Gasteiger partial charge in [-0.15, -0.1) is 0 Å². The number of ether oxygens (including phenoxy) is 2. The van der Waals surface area contributed by atoms with Crippen molar-refractivity contribution in [3.63, 3.8) is 0 Å². The molecule has 1 atom stereocenters. The quantitative estimate of drug-likeness (QED) is 0.489. The van der Waals surface area contributed by atoms with Crippen molar-refractivity contribution >= 4 is 23.4 Å². The van der Waals surface area contributed by atoms with Crippen molar-refractivity contribution in [1.82, 2.24) is 5.32 Å². The molecule has 1 fully saturated rings. The second-order valence-electron chi connectivity index (χ2n) is 7.45. The number of hydrogen-bond donors (Lipinski definition) is 1. The highest BCUT2D eigenvalue weighted by Crippen LogP contribution is 2.42. The van der Waals surface area contributed by atoms with Crippen LogP contribution < -0.4 is 10.1 Å². The largest absolute Gasteiger partial charge is 0.457 e. The van der Waals surface area contributed by atoms with Crippen molar-refractivity contribution in [3.05, 3.63) is 94.0 Å². The van der Waals surface area contributed by atoms with Gasteiger partial charge in [0.2, 0.25) is 0 Å². The third kappa shape index (κ3) is 3.16. The predicted octanol–water partition coefficient (Wildman–Crippen LogP) is 4.72. The smallest absolute Gasteiger partial charge is 0.340 e. The lowest BCUT2D eigenvalue weighted by Crippen LogP contribution is -2.28. The maximum atomic E-state index is 13.3. The lowest BCUT2D eigenvalue weighted by Gasteiger charge is -2.21. The molecule has 0 amide bonds. The molecular formula is C24H18ClNO4. The number of benzene rings is 3. The van der Waals surface area contributed by atoms with Crippen LogP contribution in [0.1, 0.15) is 38.3 Å². The Bertz CT molecular complexity index is 1150. The molecule has 3 aromatic carbocycles. The molecule has 150 valence electrons. The van der Waals surface area contributed by atoms with Crippen molar-refractivity contribution in [2.75, 3.05) is 13.1 Å². The molecule has 1 saturated heterocycles. The van der Waals surface area contributed by atoms with Gasteiger partial charge in [0.15, 0.2) is 11.4 Å². The van der Waals surface area contributed by atoms with E-state index < -0.39 is 11.6 Å².